The molecular weight excluding hydrogens is 227 g/mol. The van der Waals surface area contributed by atoms with Gasteiger partial charge in [-0.05, 0) is 43.5 Å². The summed E-state index contributed by atoms with van der Waals surface area (Å²) in [4.78, 5) is 2.31. The first-order valence-electron chi connectivity index (χ1n) is 6.83. The molecule has 1 aromatic rings. The van der Waals surface area contributed by atoms with Crippen molar-refractivity contribution in [3.05, 3.63) is 29.6 Å². The summed E-state index contributed by atoms with van der Waals surface area (Å²) in [5.41, 5.74) is 2.35. The average molecular weight is 250 g/mol. The molecule has 1 aromatic carbocycles. The Hall–Kier alpha value is -1.09. The molecule has 0 aromatic heterocycles. The summed E-state index contributed by atoms with van der Waals surface area (Å²) in [5.74, 6) is 0.531. The van der Waals surface area contributed by atoms with Gasteiger partial charge in [0.15, 0.2) is 0 Å². The molecule has 1 N–H and O–H groups in total. The Bertz CT molecular complexity index is 403. The Morgan fingerprint density at radius 2 is 2.06 bits per heavy atom. The maximum absolute atomic E-state index is 13.3. The molecule has 0 amide bonds. The molecule has 1 atom stereocenters. The van der Waals surface area contributed by atoms with E-state index in [0.717, 1.165) is 31.7 Å². The summed E-state index contributed by atoms with van der Waals surface area (Å²) >= 11 is 0. The monoisotopic (exact) mass is 250 g/mol. The van der Waals surface area contributed by atoms with Crippen LogP contribution < -0.4 is 10.2 Å². The van der Waals surface area contributed by atoms with E-state index < -0.39 is 0 Å². The van der Waals surface area contributed by atoms with Gasteiger partial charge in [-0.1, -0.05) is 19.9 Å². The lowest BCUT2D eigenvalue weighted by Crippen LogP contribution is -2.40. The molecule has 0 radical (unpaired) electrons. The smallest absolute Gasteiger partial charge is 0.125 e. The molecule has 0 saturated heterocycles. The van der Waals surface area contributed by atoms with Crippen LogP contribution >= 0.6 is 0 Å². The van der Waals surface area contributed by atoms with Gasteiger partial charge < -0.3 is 10.2 Å². The summed E-state index contributed by atoms with van der Waals surface area (Å²) in [6.07, 6.45) is 1.03. The summed E-state index contributed by atoms with van der Waals surface area (Å²) < 4.78 is 13.3. The second-order valence-corrected chi connectivity index (χ2v) is 5.62. The Balaban J connectivity index is 1.97. The van der Waals surface area contributed by atoms with Crippen molar-refractivity contribution >= 4 is 5.69 Å². The Kier molecular flexibility index (Phi) is 4.23. The predicted molar refractivity (Wildman–Crippen MR) is 74.6 cm³/mol. The SMILES string of the molecule is CC(C)CNCC(C)N1CCc2ccc(F)cc21. The maximum Gasteiger partial charge on any atom is 0.125 e. The topological polar surface area (TPSA) is 15.3 Å². The molecule has 1 unspecified atom stereocenters. The van der Waals surface area contributed by atoms with Crippen LogP contribution in [0.2, 0.25) is 0 Å². The summed E-state index contributed by atoms with van der Waals surface area (Å²) in [5, 5.41) is 3.47. The minimum Gasteiger partial charge on any atom is -0.367 e. The van der Waals surface area contributed by atoms with Crippen LogP contribution in [0.25, 0.3) is 0 Å². The van der Waals surface area contributed by atoms with Crippen molar-refractivity contribution in [1.29, 1.82) is 0 Å². The molecule has 100 valence electrons. The van der Waals surface area contributed by atoms with Crippen molar-refractivity contribution in [2.75, 3.05) is 24.5 Å². The minimum absolute atomic E-state index is 0.136. The van der Waals surface area contributed by atoms with Crippen LogP contribution in [0.15, 0.2) is 18.2 Å². The van der Waals surface area contributed by atoms with Gasteiger partial charge in [0.1, 0.15) is 5.82 Å². The van der Waals surface area contributed by atoms with E-state index in [1.807, 2.05) is 6.07 Å². The molecule has 1 heterocycles. The van der Waals surface area contributed by atoms with Gasteiger partial charge in [0.05, 0.1) is 0 Å². The zero-order chi connectivity index (χ0) is 13.1. The highest BCUT2D eigenvalue weighted by Crippen LogP contribution is 2.30. The third-order valence-corrected chi connectivity index (χ3v) is 3.50. The first-order chi connectivity index (χ1) is 8.58. The number of nitrogens with zero attached hydrogens (tertiary/aromatic N) is 1. The van der Waals surface area contributed by atoms with E-state index >= 15 is 0 Å². The number of hydrogen-bond donors (Lipinski definition) is 1. The van der Waals surface area contributed by atoms with E-state index in [1.165, 1.54) is 5.56 Å². The number of nitrogens with one attached hydrogen (secondary N) is 1. The fraction of sp³-hybridized carbons (Fsp3) is 0.600. The molecule has 2 nitrogen and oxygen atoms in total. The quantitative estimate of drug-likeness (QED) is 0.864. The molecule has 18 heavy (non-hydrogen) atoms. The highest BCUT2D eigenvalue weighted by molar-refractivity contribution is 5.58. The van der Waals surface area contributed by atoms with E-state index in [1.54, 1.807) is 12.1 Å². The molecule has 0 bridgehead atoms. The first-order valence-corrected chi connectivity index (χ1v) is 6.83. The predicted octanol–water partition coefficient (Wildman–Crippen LogP) is 2.82. The zero-order valence-electron chi connectivity index (χ0n) is 11.5. The number of hydrogen-bond acceptors (Lipinski definition) is 2. The lowest BCUT2D eigenvalue weighted by molar-refractivity contribution is 0.512. The van der Waals surface area contributed by atoms with Crippen molar-refractivity contribution in [1.82, 2.24) is 5.32 Å². The van der Waals surface area contributed by atoms with Crippen LogP contribution in [0.3, 0.4) is 0 Å². The minimum atomic E-state index is -0.136. The van der Waals surface area contributed by atoms with Crippen molar-refractivity contribution in [2.24, 2.45) is 5.92 Å². The number of halogens is 1. The van der Waals surface area contributed by atoms with Crippen LogP contribution in [0, 0.1) is 11.7 Å². The van der Waals surface area contributed by atoms with Crippen LogP contribution in [0.1, 0.15) is 26.3 Å². The molecule has 1 aliphatic rings. The molecule has 3 heteroatoms. The van der Waals surface area contributed by atoms with Crippen molar-refractivity contribution in [2.45, 2.75) is 33.2 Å². The lowest BCUT2D eigenvalue weighted by atomic mass is 10.1. The fourth-order valence-electron chi connectivity index (χ4n) is 2.53. The molecule has 1 aliphatic heterocycles. The van der Waals surface area contributed by atoms with Gasteiger partial charge >= 0.3 is 0 Å². The van der Waals surface area contributed by atoms with Gasteiger partial charge in [-0.15, -0.1) is 0 Å². The van der Waals surface area contributed by atoms with E-state index in [9.17, 15) is 4.39 Å². The fourth-order valence-corrected chi connectivity index (χ4v) is 2.53. The maximum atomic E-state index is 13.3. The van der Waals surface area contributed by atoms with Crippen molar-refractivity contribution in [3.8, 4) is 0 Å². The Morgan fingerprint density at radius 1 is 1.28 bits per heavy atom. The number of rotatable bonds is 5. The van der Waals surface area contributed by atoms with Gasteiger partial charge in [0, 0.05) is 24.8 Å². The number of fused-ring (bicyclic) bond motifs is 1. The highest BCUT2D eigenvalue weighted by Gasteiger charge is 2.23. The van der Waals surface area contributed by atoms with E-state index in [4.69, 9.17) is 0 Å². The van der Waals surface area contributed by atoms with Gasteiger partial charge in [0.25, 0.3) is 0 Å². The largest absolute Gasteiger partial charge is 0.367 e. The summed E-state index contributed by atoms with van der Waals surface area (Å²) in [6, 6.07) is 5.55. The number of anilines is 1. The third kappa shape index (κ3) is 3.02. The van der Waals surface area contributed by atoms with Crippen LogP contribution in [0.5, 0.6) is 0 Å². The van der Waals surface area contributed by atoms with E-state index in [-0.39, 0.29) is 5.82 Å². The zero-order valence-corrected chi connectivity index (χ0v) is 11.5. The third-order valence-electron chi connectivity index (χ3n) is 3.50. The van der Waals surface area contributed by atoms with Crippen molar-refractivity contribution < 1.29 is 4.39 Å². The summed E-state index contributed by atoms with van der Waals surface area (Å²) in [6.45, 7) is 9.61. The first kappa shape index (κ1) is 13.3. The molecule has 0 spiro atoms. The normalized spacial score (nSPS) is 16.2. The molecular formula is C15H23FN2. The number of benzene rings is 1. The van der Waals surface area contributed by atoms with Gasteiger partial charge in [-0.25, -0.2) is 4.39 Å². The second-order valence-electron chi connectivity index (χ2n) is 5.62. The molecule has 0 saturated carbocycles. The molecule has 0 fully saturated rings. The van der Waals surface area contributed by atoms with Crippen LogP contribution in [0.4, 0.5) is 10.1 Å². The van der Waals surface area contributed by atoms with Crippen molar-refractivity contribution in [3.63, 3.8) is 0 Å². The van der Waals surface area contributed by atoms with E-state index in [0.29, 0.717) is 12.0 Å². The van der Waals surface area contributed by atoms with Gasteiger partial charge in [0.2, 0.25) is 0 Å². The Morgan fingerprint density at radius 3 is 2.78 bits per heavy atom. The lowest BCUT2D eigenvalue weighted by Gasteiger charge is -2.28. The Labute approximate surface area is 109 Å². The second kappa shape index (κ2) is 5.70. The van der Waals surface area contributed by atoms with Gasteiger partial charge in [-0.3, -0.25) is 0 Å². The standard InChI is InChI=1S/C15H23FN2/c1-11(2)9-17-10-12(3)18-7-6-13-4-5-14(16)8-15(13)18/h4-5,8,11-12,17H,6-7,9-10H2,1-3H3. The average Bonchev–Trinajstić information content (AvgIpc) is 2.71. The summed E-state index contributed by atoms with van der Waals surface area (Å²) in [7, 11) is 0. The van der Waals surface area contributed by atoms with E-state index in [2.05, 4.69) is 31.0 Å². The highest BCUT2D eigenvalue weighted by atomic mass is 19.1. The molecule has 0 aliphatic carbocycles. The van der Waals surface area contributed by atoms with Crippen LogP contribution in [-0.2, 0) is 6.42 Å². The van der Waals surface area contributed by atoms with Gasteiger partial charge in [-0.2, -0.15) is 0 Å². The molecule has 2 rings (SSSR count). The van der Waals surface area contributed by atoms with Crippen LogP contribution in [-0.4, -0.2) is 25.7 Å².